The summed E-state index contributed by atoms with van der Waals surface area (Å²) in [5.41, 5.74) is 6.55. The van der Waals surface area contributed by atoms with Crippen molar-refractivity contribution in [2.75, 3.05) is 5.32 Å². The van der Waals surface area contributed by atoms with Gasteiger partial charge >= 0.3 is 0 Å². The van der Waals surface area contributed by atoms with Gasteiger partial charge in [-0.05, 0) is 13.0 Å². The Bertz CT molecular complexity index is 568. The molecule has 0 bridgehead atoms. The number of nitrogens with one attached hydrogen (secondary N) is 1. The maximum absolute atomic E-state index is 11.9. The minimum absolute atomic E-state index is 0.155. The first-order chi connectivity index (χ1) is 8.58. The normalized spacial score (nSPS) is 12.1. The van der Waals surface area contributed by atoms with E-state index in [1.54, 1.807) is 5.38 Å². The first-order valence-electron chi connectivity index (χ1n) is 5.23. The Balaban J connectivity index is 2.14. The molecule has 1 unspecified atom stereocenters. The van der Waals surface area contributed by atoms with Gasteiger partial charge in [0, 0.05) is 17.6 Å². The lowest BCUT2D eigenvalue weighted by atomic mass is 10.2. The number of pyridine rings is 1. The molecule has 1 atom stereocenters. The highest BCUT2D eigenvalue weighted by atomic mass is 32.1. The fourth-order valence-corrected chi connectivity index (χ4v) is 2.10. The number of anilines is 1. The number of carbonyl (C=O) groups excluding carboxylic acids is 1. The van der Waals surface area contributed by atoms with Crippen LogP contribution in [0.25, 0.3) is 0 Å². The number of rotatable bonds is 3. The summed E-state index contributed by atoms with van der Waals surface area (Å²) < 4.78 is 0. The fourth-order valence-electron chi connectivity index (χ4n) is 1.30. The van der Waals surface area contributed by atoms with E-state index in [4.69, 9.17) is 5.73 Å². The highest BCUT2D eigenvalue weighted by Crippen LogP contribution is 2.21. The maximum atomic E-state index is 11.9. The molecule has 0 saturated heterocycles. The molecule has 4 N–H and O–H groups in total. The predicted molar refractivity (Wildman–Crippen MR) is 68.6 cm³/mol. The van der Waals surface area contributed by atoms with Crippen LogP contribution in [0.4, 0.5) is 5.13 Å². The van der Waals surface area contributed by atoms with Gasteiger partial charge in [-0.25, -0.2) is 4.98 Å². The van der Waals surface area contributed by atoms with Crippen molar-refractivity contribution in [1.82, 2.24) is 9.97 Å². The molecule has 94 valence electrons. The second kappa shape index (κ2) is 5.11. The van der Waals surface area contributed by atoms with E-state index in [9.17, 15) is 9.90 Å². The number of amides is 1. The van der Waals surface area contributed by atoms with Gasteiger partial charge in [-0.2, -0.15) is 0 Å². The van der Waals surface area contributed by atoms with E-state index < -0.39 is 5.91 Å². The van der Waals surface area contributed by atoms with Crippen LogP contribution in [0, 0.1) is 0 Å². The second-order valence-electron chi connectivity index (χ2n) is 3.71. The molecule has 2 aromatic heterocycles. The van der Waals surface area contributed by atoms with Crippen molar-refractivity contribution >= 4 is 22.4 Å². The zero-order valence-electron chi connectivity index (χ0n) is 9.62. The number of aromatic hydroxyl groups is 1. The van der Waals surface area contributed by atoms with Crippen LogP contribution in [0.2, 0.25) is 0 Å². The van der Waals surface area contributed by atoms with Crippen LogP contribution in [-0.4, -0.2) is 21.0 Å². The number of hydrogen-bond acceptors (Lipinski definition) is 6. The van der Waals surface area contributed by atoms with Gasteiger partial charge in [-0.15, -0.1) is 11.3 Å². The zero-order chi connectivity index (χ0) is 13.1. The first kappa shape index (κ1) is 12.5. The lowest BCUT2D eigenvalue weighted by molar-refractivity contribution is 0.102. The van der Waals surface area contributed by atoms with Crippen molar-refractivity contribution in [2.24, 2.45) is 5.73 Å². The van der Waals surface area contributed by atoms with Gasteiger partial charge in [-0.1, -0.05) is 0 Å². The SMILES string of the molecule is CC(N)c1csc(NC(=O)c2ccncc2O)n1. The second-order valence-corrected chi connectivity index (χ2v) is 4.57. The lowest BCUT2D eigenvalue weighted by Crippen LogP contribution is -2.12. The minimum atomic E-state index is -0.430. The first-order valence-corrected chi connectivity index (χ1v) is 6.11. The molecule has 0 aliphatic heterocycles. The van der Waals surface area contributed by atoms with Gasteiger partial charge in [0.2, 0.25) is 0 Å². The Kier molecular flexibility index (Phi) is 3.54. The van der Waals surface area contributed by atoms with Gasteiger partial charge in [0.1, 0.15) is 5.75 Å². The fraction of sp³-hybridized carbons (Fsp3) is 0.182. The lowest BCUT2D eigenvalue weighted by Gasteiger charge is -2.03. The van der Waals surface area contributed by atoms with E-state index in [2.05, 4.69) is 15.3 Å². The van der Waals surface area contributed by atoms with Gasteiger partial charge in [0.25, 0.3) is 5.91 Å². The van der Waals surface area contributed by atoms with Gasteiger partial charge < -0.3 is 10.8 Å². The third-order valence-electron chi connectivity index (χ3n) is 2.25. The van der Waals surface area contributed by atoms with Gasteiger partial charge in [-0.3, -0.25) is 15.1 Å². The number of nitrogens with zero attached hydrogens (tertiary/aromatic N) is 2. The van der Waals surface area contributed by atoms with Gasteiger partial charge in [0.15, 0.2) is 5.13 Å². The zero-order valence-corrected chi connectivity index (χ0v) is 10.4. The molecule has 2 rings (SSSR count). The predicted octanol–water partition coefficient (Wildman–Crippen LogP) is 1.52. The molecule has 0 spiro atoms. The third-order valence-corrected chi connectivity index (χ3v) is 3.03. The van der Waals surface area contributed by atoms with Crippen LogP contribution >= 0.6 is 11.3 Å². The van der Waals surface area contributed by atoms with E-state index in [1.807, 2.05) is 6.92 Å². The quantitative estimate of drug-likeness (QED) is 0.780. The summed E-state index contributed by atoms with van der Waals surface area (Å²) in [6.45, 7) is 1.81. The molecule has 0 aromatic carbocycles. The molecule has 7 heteroatoms. The van der Waals surface area contributed by atoms with Crippen LogP contribution in [0.5, 0.6) is 5.75 Å². The van der Waals surface area contributed by atoms with E-state index in [0.29, 0.717) is 10.8 Å². The summed E-state index contributed by atoms with van der Waals surface area (Å²) in [5.74, 6) is -0.598. The van der Waals surface area contributed by atoms with E-state index in [0.717, 1.165) is 0 Å². The molecule has 2 aromatic rings. The molecule has 1 amide bonds. The molecular weight excluding hydrogens is 252 g/mol. The summed E-state index contributed by atoms with van der Waals surface area (Å²) in [7, 11) is 0. The van der Waals surface area contributed by atoms with Crippen LogP contribution in [0.3, 0.4) is 0 Å². The average Bonchev–Trinajstić information content (AvgIpc) is 2.78. The molecule has 0 radical (unpaired) electrons. The Morgan fingerprint density at radius 1 is 1.61 bits per heavy atom. The molecule has 2 heterocycles. The molecule has 0 fully saturated rings. The average molecular weight is 264 g/mol. The highest BCUT2D eigenvalue weighted by Gasteiger charge is 2.13. The third kappa shape index (κ3) is 2.63. The minimum Gasteiger partial charge on any atom is -0.505 e. The monoisotopic (exact) mass is 264 g/mol. The standard InChI is InChI=1S/C11H12N4O2S/c1-6(12)8-5-18-11(14-8)15-10(17)7-2-3-13-4-9(7)16/h2-6,16H,12H2,1H3,(H,14,15,17). The Morgan fingerprint density at radius 3 is 3.00 bits per heavy atom. The number of carbonyl (C=O) groups is 1. The van der Waals surface area contributed by atoms with Crippen molar-refractivity contribution in [3.8, 4) is 5.75 Å². The molecular formula is C11H12N4O2S. The van der Waals surface area contributed by atoms with E-state index in [-0.39, 0.29) is 17.4 Å². The topological polar surface area (TPSA) is 101 Å². The summed E-state index contributed by atoms with van der Waals surface area (Å²) >= 11 is 1.29. The van der Waals surface area contributed by atoms with Crippen molar-refractivity contribution in [3.63, 3.8) is 0 Å². The maximum Gasteiger partial charge on any atom is 0.261 e. The van der Waals surface area contributed by atoms with Crippen molar-refractivity contribution < 1.29 is 9.90 Å². The summed E-state index contributed by atoms with van der Waals surface area (Å²) in [4.78, 5) is 19.7. The summed E-state index contributed by atoms with van der Waals surface area (Å²) in [5, 5.41) is 14.3. The van der Waals surface area contributed by atoms with Crippen molar-refractivity contribution in [1.29, 1.82) is 0 Å². The van der Waals surface area contributed by atoms with Crippen LogP contribution < -0.4 is 11.1 Å². The Hall–Kier alpha value is -1.99. The van der Waals surface area contributed by atoms with E-state index in [1.165, 1.54) is 29.8 Å². The molecule has 6 nitrogen and oxygen atoms in total. The number of nitrogens with two attached hydrogens (primary N) is 1. The van der Waals surface area contributed by atoms with E-state index >= 15 is 0 Å². The van der Waals surface area contributed by atoms with Gasteiger partial charge in [0.05, 0.1) is 17.5 Å². The Morgan fingerprint density at radius 2 is 2.39 bits per heavy atom. The summed E-state index contributed by atoms with van der Waals surface area (Å²) in [6.07, 6.45) is 2.65. The number of hydrogen-bond donors (Lipinski definition) is 3. The molecule has 0 aliphatic carbocycles. The Labute approximate surface area is 108 Å². The smallest absolute Gasteiger partial charge is 0.261 e. The number of aromatic nitrogens is 2. The number of thiazole rings is 1. The molecule has 0 aliphatic rings. The molecule has 0 saturated carbocycles. The summed E-state index contributed by atoms with van der Waals surface area (Å²) in [6, 6.07) is 1.26. The largest absolute Gasteiger partial charge is 0.505 e. The van der Waals surface area contributed by atoms with Crippen LogP contribution in [0.15, 0.2) is 23.8 Å². The van der Waals surface area contributed by atoms with Crippen molar-refractivity contribution in [3.05, 3.63) is 35.1 Å². The van der Waals surface area contributed by atoms with Crippen molar-refractivity contribution in [2.45, 2.75) is 13.0 Å². The molecule has 18 heavy (non-hydrogen) atoms. The van der Waals surface area contributed by atoms with Crippen LogP contribution in [0.1, 0.15) is 29.0 Å². The highest BCUT2D eigenvalue weighted by molar-refractivity contribution is 7.14. The van der Waals surface area contributed by atoms with Crippen LogP contribution in [-0.2, 0) is 0 Å².